The number of rotatable bonds is 5. The molecule has 1 heterocycles. The molecular weight excluding hydrogens is 352 g/mol. The van der Waals surface area contributed by atoms with Gasteiger partial charge < -0.3 is 16.0 Å². The second-order valence-electron chi connectivity index (χ2n) is 6.34. The first-order valence-corrected chi connectivity index (χ1v) is 8.16. The van der Waals surface area contributed by atoms with Crippen molar-refractivity contribution < 1.29 is 18.4 Å². The van der Waals surface area contributed by atoms with Gasteiger partial charge in [-0.25, -0.2) is 8.78 Å². The van der Waals surface area contributed by atoms with Crippen molar-refractivity contribution in [1.82, 2.24) is 16.0 Å². The summed E-state index contributed by atoms with van der Waals surface area (Å²) in [7, 11) is 0. The van der Waals surface area contributed by atoms with Crippen LogP contribution in [0, 0.1) is 17.6 Å². The van der Waals surface area contributed by atoms with Crippen LogP contribution in [0.4, 0.5) is 8.78 Å². The fraction of sp³-hybridized carbons (Fsp3) is 0.529. The SMILES string of the molecule is CC(C)C(NC(=O)c1c(F)cccc1F)C(=O)NC1CCCNC1.Cl. The number of nitrogens with one attached hydrogen (secondary N) is 3. The van der Waals surface area contributed by atoms with Gasteiger partial charge in [0, 0.05) is 12.6 Å². The van der Waals surface area contributed by atoms with Crippen molar-refractivity contribution in [1.29, 1.82) is 0 Å². The molecule has 0 spiro atoms. The molecular formula is C17H24ClF2N3O2. The summed E-state index contributed by atoms with van der Waals surface area (Å²) in [4.78, 5) is 24.7. The van der Waals surface area contributed by atoms with Crippen LogP contribution in [0.1, 0.15) is 37.0 Å². The molecule has 1 fully saturated rings. The van der Waals surface area contributed by atoms with E-state index < -0.39 is 29.1 Å². The van der Waals surface area contributed by atoms with Crippen LogP contribution in [-0.4, -0.2) is 37.0 Å². The summed E-state index contributed by atoms with van der Waals surface area (Å²) in [6.07, 6.45) is 1.82. The fourth-order valence-corrected chi connectivity index (χ4v) is 2.73. The first-order chi connectivity index (χ1) is 11.4. The van der Waals surface area contributed by atoms with Crippen LogP contribution >= 0.6 is 12.4 Å². The minimum atomic E-state index is -0.952. The lowest BCUT2D eigenvalue weighted by atomic mass is 10.0. The van der Waals surface area contributed by atoms with Gasteiger partial charge in [-0.1, -0.05) is 19.9 Å². The fourth-order valence-electron chi connectivity index (χ4n) is 2.73. The lowest BCUT2D eigenvalue weighted by Crippen LogP contribution is -2.55. The van der Waals surface area contributed by atoms with E-state index in [0.717, 1.165) is 31.5 Å². The largest absolute Gasteiger partial charge is 0.350 e. The molecule has 3 N–H and O–H groups in total. The standard InChI is InChI=1S/C17H23F2N3O2.ClH/c1-10(2)15(17(24)21-11-5-4-8-20-9-11)22-16(23)14-12(18)6-3-7-13(14)19;/h3,6-7,10-11,15,20H,4-5,8-9H2,1-2H3,(H,21,24)(H,22,23);1H. The molecule has 2 atom stereocenters. The zero-order valence-electron chi connectivity index (χ0n) is 14.3. The molecule has 1 aromatic carbocycles. The molecule has 0 aliphatic carbocycles. The normalized spacial score (nSPS) is 18.2. The molecule has 5 nitrogen and oxygen atoms in total. The summed E-state index contributed by atoms with van der Waals surface area (Å²) >= 11 is 0. The van der Waals surface area contributed by atoms with Crippen LogP contribution < -0.4 is 16.0 Å². The Labute approximate surface area is 152 Å². The minimum absolute atomic E-state index is 0. The maximum Gasteiger partial charge on any atom is 0.257 e. The maximum absolute atomic E-state index is 13.7. The second kappa shape index (κ2) is 9.68. The van der Waals surface area contributed by atoms with Crippen molar-refractivity contribution in [2.75, 3.05) is 13.1 Å². The number of hydrogen-bond donors (Lipinski definition) is 3. The van der Waals surface area contributed by atoms with Crippen LogP contribution in [-0.2, 0) is 4.79 Å². The summed E-state index contributed by atoms with van der Waals surface area (Å²) in [5.74, 6) is -3.40. The van der Waals surface area contributed by atoms with Crippen LogP contribution in [0.3, 0.4) is 0 Å². The van der Waals surface area contributed by atoms with E-state index >= 15 is 0 Å². The van der Waals surface area contributed by atoms with E-state index in [0.29, 0.717) is 6.54 Å². The molecule has 140 valence electrons. The summed E-state index contributed by atoms with van der Waals surface area (Å²) in [5, 5.41) is 8.52. The molecule has 8 heteroatoms. The molecule has 0 radical (unpaired) electrons. The molecule has 2 rings (SSSR count). The van der Waals surface area contributed by atoms with Gasteiger partial charge in [-0.05, 0) is 37.4 Å². The number of carbonyl (C=O) groups excluding carboxylic acids is 2. The van der Waals surface area contributed by atoms with Gasteiger partial charge in [0.1, 0.15) is 23.2 Å². The molecule has 2 unspecified atom stereocenters. The van der Waals surface area contributed by atoms with Crippen LogP contribution in [0.2, 0.25) is 0 Å². The van der Waals surface area contributed by atoms with E-state index in [1.165, 1.54) is 6.07 Å². The summed E-state index contributed by atoms with van der Waals surface area (Å²) in [5.41, 5.74) is -0.671. The van der Waals surface area contributed by atoms with E-state index in [9.17, 15) is 18.4 Å². The molecule has 0 aromatic heterocycles. The van der Waals surface area contributed by atoms with Gasteiger partial charge in [0.2, 0.25) is 5.91 Å². The van der Waals surface area contributed by atoms with Gasteiger partial charge in [-0.15, -0.1) is 12.4 Å². The summed E-state index contributed by atoms with van der Waals surface area (Å²) in [6, 6.07) is 2.34. The molecule has 1 aliphatic heterocycles. The van der Waals surface area contributed by atoms with Crippen molar-refractivity contribution in [3.8, 4) is 0 Å². The van der Waals surface area contributed by atoms with E-state index in [2.05, 4.69) is 16.0 Å². The van der Waals surface area contributed by atoms with Crippen LogP contribution in [0.25, 0.3) is 0 Å². The van der Waals surface area contributed by atoms with Gasteiger partial charge in [0.05, 0.1) is 0 Å². The Morgan fingerprint density at radius 2 is 1.88 bits per heavy atom. The van der Waals surface area contributed by atoms with E-state index in [-0.39, 0.29) is 30.3 Å². The smallest absolute Gasteiger partial charge is 0.257 e. The Balaban J connectivity index is 0.00000312. The van der Waals surface area contributed by atoms with Crippen molar-refractivity contribution >= 4 is 24.2 Å². The van der Waals surface area contributed by atoms with Gasteiger partial charge in [-0.2, -0.15) is 0 Å². The van der Waals surface area contributed by atoms with Gasteiger partial charge in [0.15, 0.2) is 0 Å². The highest BCUT2D eigenvalue weighted by Gasteiger charge is 2.28. The third kappa shape index (κ3) is 5.64. The molecule has 25 heavy (non-hydrogen) atoms. The molecule has 1 saturated heterocycles. The number of piperidine rings is 1. The second-order valence-corrected chi connectivity index (χ2v) is 6.34. The van der Waals surface area contributed by atoms with E-state index in [1.807, 2.05) is 0 Å². The average Bonchev–Trinajstić information content (AvgIpc) is 2.53. The van der Waals surface area contributed by atoms with E-state index in [1.54, 1.807) is 13.8 Å². The number of amides is 2. The minimum Gasteiger partial charge on any atom is -0.350 e. The third-order valence-corrected chi connectivity index (χ3v) is 4.07. The highest BCUT2D eigenvalue weighted by atomic mass is 35.5. The number of carbonyl (C=O) groups is 2. The van der Waals surface area contributed by atoms with Gasteiger partial charge >= 0.3 is 0 Å². The first kappa shape index (κ1) is 21.3. The van der Waals surface area contributed by atoms with Crippen molar-refractivity contribution in [2.45, 2.75) is 38.8 Å². The third-order valence-electron chi connectivity index (χ3n) is 4.07. The summed E-state index contributed by atoms with van der Waals surface area (Å²) < 4.78 is 27.4. The number of benzene rings is 1. The zero-order valence-corrected chi connectivity index (χ0v) is 15.1. The van der Waals surface area contributed by atoms with Crippen molar-refractivity contribution in [3.05, 3.63) is 35.4 Å². The summed E-state index contributed by atoms with van der Waals surface area (Å²) in [6.45, 7) is 5.12. The predicted molar refractivity (Wildman–Crippen MR) is 93.7 cm³/mol. The maximum atomic E-state index is 13.7. The zero-order chi connectivity index (χ0) is 17.7. The topological polar surface area (TPSA) is 70.2 Å². The van der Waals surface area contributed by atoms with Gasteiger partial charge in [-0.3, -0.25) is 9.59 Å². The molecule has 0 saturated carbocycles. The Hall–Kier alpha value is -1.73. The number of hydrogen-bond acceptors (Lipinski definition) is 3. The highest BCUT2D eigenvalue weighted by molar-refractivity contribution is 5.98. The highest BCUT2D eigenvalue weighted by Crippen LogP contribution is 2.13. The van der Waals surface area contributed by atoms with Crippen LogP contribution in [0.5, 0.6) is 0 Å². The Morgan fingerprint density at radius 1 is 1.24 bits per heavy atom. The number of halogens is 3. The Morgan fingerprint density at radius 3 is 2.40 bits per heavy atom. The van der Waals surface area contributed by atoms with Crippen LogP contribution in [0.15, 0.2) is 18.2 Å². The Bertz CT molecular complexity index is 587. The average molecular weight is 376 g/mol. The van der Waals surface area contributed by atoms with Gasteiger partial charge in [0.25, 0.3) is 5.91 Å². The molecule has 0 bridgehead atoms. The quantitative estimate of drug-likeness (QED) is 0.737. The molecule has 1 aromatic rings. The monoisotopic (exact) mass is 375 g/mol. The van der Waals surface area contributed by atoms with Crippen molar-refractivity contribution in [2.24, 2.45) is 5.92 Å². The molecule has 2 amide bonds. The Kier molecular flexibility index (Phi) is 8.25. The molecule has 1 aliphatic rings. The lowest BCUT2D eigenvalue weighted by Gasteiger charge is -2.28. The van der Waals surface area contributed by atoms with E-state index in [4.69, 9.17) is 0 Å². The lowest BCUT2D eigenvalue weighted by molar-refractivity contribution is -0.124. The van der Waals surface area contributed by atoms with Crippen molar-refractivity contribution in [3.63, 3.8) is 0 Å². The predicted octanol–water partition coefficient (Wildman–Crippen LogP) is 2.01. The first-order valence-electron chi connectivity index (χ1n) is 8.16.